The number of carbonyl (C=O) groups is 2. The Labute approximate surface area is 192 Å². The van der Waals surface area contributed by atoms with Crippen molar-refractivity contribution in [2.24, 2.45) is 0 Å². The van der Waals surface area contributed by atoms with E-state index in [9.17, 15) is 14.7 Å². The lowest BCUT2D eigenvalue weighted by atomic mass is 9.91. The molecular formula is C24H29ClN4O3. The van der Waals surface area contributed by atoms with Gasteiger partial charge in [0.2, 0.25) is 5.91 Å². The highest BCUT2D eigenvalue weighted by molar-refractivity contribution is 6.33. The maximum Gasteiger partial charge on any atom is 0.276 e. The number of pyridine rings is 1. The van der Waals surface area contributed by atoms with Crippen molar-refractivity contribution in [1.82, 2.24) is 19.2 Å². The van der Waals surface area contributed by atoms with Gasteiger partial charge in [-0.3, -0.25) is 14.0 Å². The second-order valence-corrected chi connectivity index (χ2v) is 10.4. The van der Waals surface area contributed by atoms with Crippen molar-refractivity contribution in [3.8, 4) is 0 Å². The van der Waals surface area contributed by atoms with E-state index in [-0.39, 0.29) is 36.2 Å². The van der Waals surface area contributed by atoms with Gasteiger partial charge in [0.25, 0.3) is 5.91 Å². The van der Waals surface area contributed by atoms with Crippen molar-refractivity contribution in [3.05, 3.63) is 34.2 Å². The number of halogens is 1. The standard InChI is InChI=1S/C24H29ClN4O3/c25-22-21(26-23-19(15-3-4-15)11-16(12-29(22)23)14-1-2-14)24(32)27-9-10-28(20(31)13-27)17-5-7-18(30)8-6-17/h11-12,14-15,17-18,30H,1-10,13H2/t17-,18-. The molecule has 1 aliphatic heterocycles. The van der Waals surface area contributed by atoms with Gasteiger partial charge in [-0.05, 0) is 74.3 Å². The first kappa shape index (κ1) is 20.5. The molecule has 6 rings (SSSR count). The first-order valence-corrected chi connectivity index (χ1v) is 12.4. The van der Waals surface area contributed by atoms with Crippen LogP contribution in [0.25, 0.3) is 5.65 Å². The Hall–Kier alpha value is -2.12. The Morgan fingerprint density at radius 2 is 1.75 bits per heavy atom. The molecule has 2 aromatic heterocycles. The third kappa shape index (κ3) is 3.59. The van der Waals surface area contributed by atoms with Gasteiger partial charge in [-0.25, -0.2) is 4.98 Å². The fraction of sp³-hybridized carbons (Fsp3) is 0.625. The number of hydrogen-bond donors (Lipinski definition) is 1. The second-order valence-electron chi connectivity index (χ2n) is 10.00. The van der Waals surface area contributed by atoms with Crippen LogP contribution in [-0.4, -0.2) is 67.9 Å². The number of carbonyl (C=O) groups excluding carboxylic acids is 2. The minimum absolute atomic E-state index is 0.0273. The predicted octanol–water partition coefficient (Wildman–Crippen LogP) is 3.33. The lowest BCUT2D eigenvalue weighted by Crippen LogP contribution is -2.56. The largest absolute Gasteiger partial charge is 0.393 e. The summed E-state index contributed by atoms with van der Waals surface area (Å²) in [4.78, 5) is 34.4. The van der Waals surface area contributed by atoms with Crippen LogP contribution in [-0.2, 0) is 4.79 Å². The normalized spacial score (nSPS) is 26.8. The van der Waals surface area contributed by atoms with Crippen molar-refractivity contribution in [2.75, 3.05) is 19.6 Å². The fourth-order valence-electron chi connectivity index (χ4n) is 5.40. The molecular weight excluding hydrogens is 428 g/mol. The molecule has 7 nitrogen and oxygen atoms in total. The maximum atomic E-state index is 13.4. The van der Waals surface area contributed by atoms with Gasteiger partial charge >= 0.3 is 0 Å². The summed E-state index contributed by atoms with van der Waals surface area (Å²) in [6, 6.07) is 2.44. The van der Waals surface area contributed by atoms with Crippen molar-refractivity contribution in [1.29, 1.82) is 0 Å². The SMILES string of the molecule is O=C(c1nc2c(C3CC3)cc(C3CC3)cn2c1Cl)N1CCN([C@H]2CC[C@H](O)CC2)C(=O)C1. The van der Waals surface area contributed by atoms with Gasteiger partial charge in [-0.1, -0.05) is 17.7 Å². The van der Waals surface area contributed by atoms with Crippen LogP contribution < -0.4 is 0 Å². The molecule has 170 valence electrons. The highest BCUT2D eigenvalue weighted by Gasteiger charge is 2.36. The number of fused-ring (bicyclic) bond motifs is 1. The van der Waals surface area contributed by atoms with E-state index in [0.29, 0.717) is 30.1 Å². The average Bonchev–Trinajstić information content (AvgIpc) is 3.71. The average molecular weight is 457 g/mol. The fourth-order valence-corrected chi connectivity index (χ4v) is 5.65. The minimum atomic E-state index is -0.263. The summed E-state index contributed by atoms with van der Waals surface area (Å²) in [5.41, 5.74) is 3.54. The molecule has 3 aliphatic carbocycles. The molecule has 3 saturated carbocycles. The molecule has 8 heteroatoms. The highest BCUT2D eigenvalue weighted by Crippen LogP contribution is 2.46. The smallest absolute Gasteiger partial charge is 0.276 e. The number of rotatable bonds is 4. The van der Waals surface area contributed by atoms with E-state index >= 15 is 0 Å². The Bertz CT molecular complexity index is 1080. The molecule has 4 aliphatic rings. The zero-order chi connectivity index (χ0) is 22.0. The lowest BCUT2D eigenvalue weighted by molar-refractivity contribution is -0.138. The first-order valence-electron chi connectivity index (χ1n) is 12.0. The molecule has 0 atom stereocenters. The Morgan fingerprint density at radius 1 is 1.03 bits per heavy atom. The summed E-state index contributed by atoms with van der Waals surface area (Å²) in [6.07, 6.45) is 9.66. The molecule has 1 saturated heterocycles. The number of nitrogens with zero attached hydrogens (tertiary/aromatic N) is 4. The summed E-state index contributed by atoms with van der Waals surface area (Å²) in [5.74, 6) is 0.818. The minimum Gasteiger partial charge on any atom is -0.393 e. The van der Waals surface area contributed by atoms with Crippen LogP contribution >= 0.6 is 11.6 Å². The van der Waals surface area contributed by atoms with E-state index in [2.05, 4.69) is 6.07 Å². The summed E-state index contributed by atoms with van der Waals surface area (Å²) in [7, 11) is 0. The lowest BCUT2D eigenvalue weighted by Gasteiger charge is -2.41. The van der Waals surface area contributed by atoms with Crippen LogP contribution in [0.3, 0.4) is 0 Å². The number of imidazole rings is 1. The molecule has 0 spiro atoms. The van der Waals surface area contributed by atoms with Gasteiger partial charge in [-0.15, -0.1) is 0 Å². The topological polar surface area (TPSA) is 78.2 Å². The van der Waals surface area contributed by atoms with Crippen LogP contribution in [0.4, 0.5) is 0 Å². The Morgan fingerprint density at radius 3 is 2.41 bits per heavy atom. The van der Waals surface area contributed by atoms with E-state index in [4.69, 9.17) is 16.6 Å². The number of amides is 2. The highest BCUT2D eigenvalue weighted by atomic mass is 35.5. The van der Waals surface area contributed by atoms with Crippen molar-refractivity contribution in [2.45, 2.75) is 75.3 Å². The Balaban J connectivity index is 1.24. The number of hydrogen-bond acceptors (Lipinski definition) is 4. The monoisotopic (exact) mass is 456 g/mol. The molecule has 2 amide bonds. The van der Waals surface area contributed by atoms with Crippen LogP contribution in [0.1, 0.15) is 84.8 Å². The first-order chi connectivity index (χ1) is 15.5. The van der Waals surface area contributed by atoms with E-state index < -0.39 is 0 Å². The van der Waals surface area contributed by atoms with Crippen molar-refractivity contribution < 1.29 is 14.7 Å². The van der Waals surface area contributed by atoms with E-state index in [1.54, 1.807) is 4.90 Å². The van der Waals surface area contributed by atoms with Crippen molar-refractivity contribution in [3.63, 3.8) is 0 Å². The summed E-state index contributed by atoms with van der Waals surface area (Å²) in [5, 5.41) is 10.1. The number of aliphatic hydroxyl groups excluding tert-OH is 1. The maximum absolute atomic E-state index is 13.4. The van der Waals surface area contributed by atoms with Gasteiger partial charge in [0.1, 0.15) is 17.3 Å². The Kier molecular flexibility index (Phi) is 4.95. The molecule has 0 aromatic carbocycles. The third-order valence-electron chi connectivity index (χ3n) is 7.63. The summed E-state index contributed by atoms with van der Waals surface area (Å²) < 4.78 is 1.89. The van der Waals surface area contributed by atoms with Gasteiger partial charge in [0, 0.05) is 25.3 Å². The third-order valence-corrected chi connectivity index (χ3v) is 7.99. The van der Waals surface area contributed by atoms with Crippen molar-refractivity contribution >= 4 is 29.1 Å². The number of aromatic nitrogens is 2. The molecule has 4 fully saturated rings. The van der Waals surface area contributed by atoms with Crippen LogP contribution in [0.15, 0.2) is 12.3 Å². The molecule has 0 bridgehead atoms. The van der Waals surface area contributed by atoms with Gasteiger partial charge < -0.3 is 14.9 Å². The number of piperazine rings is 1. The quantitative estimate of drug-likeness (QED) is 0.765. The zero-order valence-electron chi connectivity index (χ0n) is 18.2. The predicted molar refractivity (Wildman–Crippen MR) is 120 cm³/mol. The second kappa shape index (κ2) is 7.73. The molecule has 0 unspecified atom stereocenters. The molecule has 0 radical (unpaired) electrons. The molecule has 32 heavy (non-hydrogen) atoms. The summed E-state index contributed by atoms with van der Waals surface area (Å²) in [6.45, 7) is 1.07. The van der Waals surface area contributed by atoms with E-state index in [0.717, 1.165) is 44.2 Å². The van der Waals surface area contributed by atoms with E-state index in [1.165, 1.54) is 24.0 Å². The van der Waals surface area contributed by atoms with Crippen LogP contribution in [0.2, 0.25) is 5.15 Å². The molecule has 2 aromatic rings. The van der Waals surface area contributed by atoms with Crippen LogP contribution in [0, 0.1) is 0 Å². The van der Waals surface area contributed by atoms with Gasteiger partial charge in [-0.2, -0.15) is 0 Å². The van der Waals surface area contributed by atoms with Crippen LogP contribution in [0.5, 0.6) is 0 Å². The van der Waals surface area contributed by atoms with E-state index in [1.807, 2.05) is 15.5 Å². The van der Waals surface area contributed by atoms with Gasteiger partial charge in [0.15, 0.2) is 5.69 Å². The molecule has 3 heterocycles. The summed E-state index contributed by atoms with van der Waals surface area (Å²) >= 11 is 6.70. The molecule has 1 N–H and O–H groups in total. The zero-order valence-corrected chi connectivity index (χ0v) is 18.9. The number of aliphatic hydroxyl groups is 1. The van der Waals surface area contributed by atoms with Gasteiger partial charge in [0.05, 0.1) is 6.10 Å².